The number of ether oxygens (including phenoxy) is 1. The van der Waals surface area contributed by atoms with Crippen LogP contribution in [0, 0.1) is 5.92 Å². The smallest absolute Gasteiger partial charge is 0.226 e. The molecule has 3 atom stereocenters. The van der Waals surface area contributed by atoms with E-state index in [1.54, 1.807) is 14.0 Å². The zero-order valence-electron chi connectivity index (χ0n) is 17.0. The van der Waals surface area contributed by atoms with Crippen LogP contribution in [-0.2, 0) is 9.59 Å². The van der Waals surface area contributed by atoms with Gasteiger partial charge < -0.3 is 14.5 Å². The number of benzene rings is 1. The van der Waals surface area contributed by atoms with E-state index in [2.05, 4.69) is 30.9 Å². The van der Waals surface area contributed by atoms with Crippen molar-refractivity contribution in [2.24, 2.45) is 5.92 Å². The summed E-state index contributed by atoms with van der Waals surface area (Å²) in [4.78, 5) is 29.7. The zero-order chi connectivity index (χ0) is 19.6. The number of fused-ring (bicyclic) bond motifs is 1. The van der Waals surface area contributed by atoms with Crippen molar-refractivity contribution in [1.82, 2.24) is 9.80 Å². The predicted octanol–water partition coefficient (Wildman–Crippen LogP) is 3.44. The van der Waals surface area contributed by atoms with E-state index in [9.17, 15) is 9.59 Å². The third-order valence-corrected chi connectivity index (χ3v) is 6.43. The molecule has 2 heterocycles. The van der Waals surface area contributed by atoms with Crippen LogP contribution in [0.25, 0.3) is 0 Å². The standard InChI is InChI=1S/C22H32N2O3/c1-5-16(6-2)22(26)24-14-19(17-9-11-18(27-4)12-10-17)21-20(24)8-7-13-23(21)15(3)25/h9-12,16,19-21H,5-8,13-14H2,1-4H3/t19-,20-,21-/m1/s1. The Morgan fingerprint density at radius 2 is 1.81 bits per heavy atom. The third-order valence-electron chi connectivity index (χ3n) is 6.43. The molecule has 27 heavy (non-hydrogen) atoms. The van der Waals surface area contributed by atoms with Crippen molar-refractivity contribution in [3.63, 3.8) is 0 Å². The fourth-order valence-electron chi connectivity index (χ4n) is 4.93. The number of carbonyl (C=O) groups excluding carboxylic acids is 2. The summed E-state index contributed by atoms with van der Waals surface area (Å²) in [6, 6.07) is 8.30. The number of carbonyl (C=O) groups is 2. The minimum atomic E-state index is 0.0722. The van der Waals surface area contributed by atoms with E-state index in [1.807, 2.05) is 17.0 Å². The molecule has 0 radical (unpaired) electrons. The van der Waals surface area contributed by atoms with Crippen LogP contribution < -0.4 is 4.74 Å². The number of methoxy groups -OCH3 is 1. The van der Waals surface area contributed by atoms with Crippen LogP contribution in [0.1, 0.15) is 57.9 Å². The summed E-state index contributed by atoms with van der Waals surface area (Å²) in [5, 5.41) is 0. The Bertz CT molecular complexity index is 669. The van der Waals surface area contributed by atoms with Crippen molar-refractivity contribution < 1.29 is 14.3 Å². The molecule has 0 N–H and O–H groups in total. The Kier molecular flexibility index (Phi) is 6.08. The van der Waals surface area contributed by atoms with Gasteiger partial charge in [0.15, 0.2) is 0 Å². The van der Waals surface area contributed by atoms with Crippen molar-refractivity contribution >= 4 is 11.8 Å². The minimum Gasteiger partial charge on any atom is -0.497 e. The van der Waals surface area contributed by atoms with Gasteiger partial charge in [-0.3, -0.25) is 9.59 Å². The average Bonchev–Trinajstić information content (AvgIpc) is 3.08. The number of nitrogens with zero attached hydrogens (tertiary/aromatic N) is 2. The van der Waals surface area contributed by atoms with Crippen LogP contribution in [-0.4, -0.2) is 53.9 Å². The van der Waals surface area contributed by atoms with E-state index in [0.29, 0.717) is 6.54 Å². The van der Waals surface area contributed by atoms with Crippen molar-refractivity contribution in [3.05, 3.63) is 29.8 Å². The van der Waals surface area contributed by atoms with Gasteiger partial charge in [0.2, 0.25) is 11.8 Å². The van der Waals surface area contributed by atoms with Crippen LogP contribution in [0.5, 0.6) is 5.75 Å². The SMILES string of the molecule is CCC(CC)C(=O)N1C[C@H](c2ccc(OC)cc2)[C@@H]2[C@H]1CCCN2C(C)=O. The molecule has 2 aliphatic rings. The van der Waals surface area contributed by atoms with Crippen molar-refractivity contribution in [3.8, 4) is 5.75 Å². The van der Waals surface area contributed by atoms with Crippen molar-refractivity contribution in [2.45, 2.75) is 64.5 Å². The zero-order valence-corrected chi connectivity index (χ0v) is 17.0. The highest BCUT2D eigenvalue weighted by Gasteiger charge is 2.50. The molecule has 2 fully saturated rings. The second-order valence-corrected chi connectivity index (χ2v) is 7.80. The predicted molar refractivity (Wildman–Crippen MR) is 106 cm³/mol. The van der Waals surface area contributed by atoms with Crippen LogP contribution in [0.3, 0.4) is 0 Å². The maximum atomic E-state index is 13.2. The quantitative estimate of drug-likeness (QED) is 0.796. The van der Waals surface area contributed by atoms with E-state index < -0.39 is 0 Å². The summed E-state index contributed by atoms with van der Waals surface area (Å²) in [7, 11) is 1.66. The van der Waals surface area contributed by atoms with Gasteiger partial charge in [-0.2, -0.15) is 0 Å². The molecule has 0 aromatic heterocycles. The first kappa shape index (κ1) is 19.7. The number of rotatable bonds is 5. The summed E-state index contributed by atoms with van der Waals surface area (Å²) in [5.41, 5.74) is 1.18. The molecule has 1 aromatic carbocycles. The van der Waals surface area contributed by atoms with Gasteiger partial charge in [0.1, 0.15) is 5.75 Å². The molecule has 0 aliphatic carbocycles. The Labute approximate surface area is 162 Å². The molecule has 5 nitrogen and oxygen atoms in total. The van der Waals surface area contributed by atoms with Gasteiger partial charge in [0, 0.05) is 31.8 Å². The fourth-order valence-corrected chi connectivity index (χ4v) is 4.93. The third kappa shape index (κ3) is 3.69. The van der Waals surface area contributed by atoms with Crippen LogP contribution >= 0.6 is 0 Å². The van der Waals surface area contributed by atoms with E-state index in [1.165, 1.54) is 5.56 Å². The van der Waals surface area contributed by atoms with Gasteiger partial charge in [-0.25, -0.2) is 0 Å². The monoisotopic (exact) mass is 372 g/mol. The second kappa shape index (κ2) is 8.32. The molecule has 2 aliphatic heterocycles. The topological polar surface area (TPSA) is 49.9 Å². The maximum absolute atomic E-state index is 13.2. The van der Waals surface area contributed by atoms with Gasteiger partial charge in [-0.15, -0.1) is 0 Å². The van der Waals surface area contributed by atoms with E-state index in [0.717, 1.165) is 38.0 Å². The van der Waals surface area contributed by atoms with Gasteiger partial charge in [0.05, 0.1) is 19.2 Å². The van der Waals surface area contributed by atoms with Crippen LogP contribution in [0.4, 0.5) is 0 Å². The first-order valence-electron chi connectivity index (χ1n) is 10.2. The van der Waals surface area contributed by atoms with Gasteiger partial charge in [0.25, 0.3) is 0 Å². The first-order chi connectivity index (χ1) is 13.0. The molecule has 3 rings (SSSR count). The molecule has 2 amide bonds. The largest absolute Gasteiger partial charge is 0.497 e. The second-order valence-electron chi connectivity index (χ2n) is 7.80. The molecule has 0 bridgehead atoms. The number of likely N-dealkylation sites (tertiary alicyclic amines) is 2. The lowest BCUT2D eigenvalue weighted by Crippen LogP contribution is -2.54. The molecule has 1 aromatic rings. The molecular formula is C22H32N2O3. The highest BCUT2D eigenvalue weighted by atomic mass is 16.5. The van der Waals surface area contributed by atoms with Crippen LogP contribution in [0.2, 0.25) is 0 Å². The minimum absolute atomic E-state index is 0.0722. The fraction of sp³-hybridized carbons (Fsp3) is 0.636. The highest BCUT2D eigenvalue weighted by molar-refractivity contribution is 5.80. The summed E-state index contributed by atoms with van der Waals surface area (Å²) in [6.07, 6.45) is 3.68. The van der Waals surface area contributed by atoms with Gasteiger partial charge >= 0.3 is 0 Å². The lowest BCUT2D eigenvalue weighted by atomic mass is 9.86. The number of piperidine rings is 1. The normalized spacial score (nSPS) is 24.9. The van der Waals surface area contributed by atoms with Crippen molar-refractivity contribution in [2.75, 3.05) is 20.2 Å². The average molecular weight is 373 g/mol. The Balaban J connectivity index is 1.95. The van der Waals surface area contributed by atoms with E-state index in [-0.39, 0.29) is 35.7 Å². The Morgan fingerprint density at radius 3 is 2.37 bits per heavy atom. The number of hydrogen-bond acceptors (Lipinski definition) is 3. The van der Waals surface area contributed by atoms with Gasteiger partial charge in [-0.05, 0) is 43.4 Å². The lowest BCUT2D eigenvalue weighted by Gasteiger charge is -2.41. The molecular weight excluding hydrogens is 340 g/mol. The summed E-state index contributed by atoms with van der Waals surface area (Å²) in [5.74, 6) is 1.43. The van der Waals surface area contributed by atoms with E-state index >= 15 is 0 Å². The summed E-state index contributed by atoms with van der Waals surface area (Å²) < 4.78 is 5.29. The van der Waals surface area contributed by atoms with Crippen molar-refractivity contribution in [1.29, 1.82) is 0 Å². The number of hydrogen-bond donors (Lipinski definition) is 0. The van der Waals surface area contributed by atoms with Gasteiger partial charge in [-0.1, -0.05) is 26.0 Å². The molecule has 2 saturated heterocycles. The van der Waals surface area contributed by atoms with Crippen LogP contribution in [0.15, 0.2) is 24.3 Å². The maximum Gasteiger partial charge on any atom is 0.226 e. The Hall–Kier alpha value is -2.04. The molecule has 5 heteroatoms. The molecule has 0 unspecified atom stereocenters. The number of amides is 2. The highest BCUT2D eigenvalue weighted by Crippen LogP contribution is 2.41. The summed E-state index contributed by atoms with van der Waals surface area (Å²) in [6.45, 7) is 7.31. The first-order valence-corrected chi connectivity index (χ1v) is 10.2. The Morgan fingerprint density at radius 1 is 1.15 bits per heavy atom. The molecule has 0 spiro atoms. The molecule has 0 saturated carbocycles. The molecule has 148 valence electrons. The summed E-state index contributed by atoms with van der Waals surface area (Å²) >= 11 is 0. The van der Waals surface area contributed by atoms with E-state index in [4.69, 9.17) is 4.74 Å². The lowest BCUT2D eigenvalue weighted by molar-refractivity contribution is -0.141.